The maximum absolute atomic E-state index is 8.85. The summed E-state index contributed by atoms with van der Waals surface area (Å²) in [6.45, 7) is 2.44. The highest BCUT2D eigenvalue weighted by molar-refractivity contribution is 7.99. The number of hydrogen-bond donors (Lipinski definition) is 0. The largest absolute Gasteiger partial charge is 0.306 e. The van der Waals surface area contributed by atoms with E-state index in [0.29, 0.717) is 0 Å². The molecule has 0 unspecified atom stereocenters. The van der Waals surface area contributed by atoms with E-state index in [9.17, 15) is 0 Å². The van der Waals surface area contributed by atoms with E-state index in [1.807, 2.05) is 30.0 Å². The maximum atomic E-state index is 8.85. The van der Waals surface area contributed by atoms with Gasteiger partial charge in [0.1, 0.15) is 0 Å². The van der Waals surface area contributed by atoms with E-state index in [1.54, 1.807) is 0 Å². The Morgan fingerprint density at radius 2 is 2.18 bits per heavy atom. The van der Waals surface area contributed by atoms with Gasteiger partial charge in [-0.25, -0.2) is 0 Å². The molecular formula is C14H18N2S. The highest BCUT2D eigenvalue weighted by Crippen LogP contribution is 2.26. The predicted octanol–water partition coefficient (Wildman–Crippen LogP) is 2.89. The van der Waals surface area contributed by atoms with Crippen LogP contribution in [0.3, 0.4) is 0 Å². The zero-order valence-corrected chi connectivity index (χ0v) is 11.0. The first-order valence-electron chi connectivity index (χ1n) is 6.07. The van der Waals surface area contributed by atoms with Crippen LogP contribution in [0.1, 0.15) is 24.0 Å². The van der Waals surface area contributed by atoms with Crippen LogP contribution in [0.5, 0.6) is 0 Å². The Morgan fingerprint density at radius 3 is 2.88 bits per heavy atom. The van der Waals surface area contributed by atoms with Gasteiger partial charge in [0, 0.05) is 11.0 Å². The van der Waals surface area contributed by atoms with Gasteiger partial charge in [-0.3, -0.25) is 0 Å². The number of rotatable bonds is 3. The van der Waals surface area contributed by atoms with Crippen molar-refractivity contribution >= 4 is 11.8 Å². The first-order valence-corrected chi connectivity index (χ1v) is 7.12. The van der Waals surface area contributed by atoms with Gasteiger partial charge < -0.3 is 4.90 Å². The lowest BCUT2D eigenvalue weighted by Crippen LogP contribution is -2.31. The molecule has 0 aliphatic carbocycles. The van der Waals surface area contributed by atoms with Crippen molar-refractivity contribution in [3.05, 3.63) is 35.4 Å². The SMILES string of the molecule is CN1CCC(SCc2cccc(C#N)c2)CC1. The lowest BCUT2D eigenvalue weighted by atomic mass is 10.1. The van der Waals surface area contributed by atoms with Crippen molar-refractivity contribution in [1.82, 2.24) is 4.90 Å². The number of thioether (sulfide) groups is 1. The van der Waals surface area contributed by atoms with E-state index in [1.165, 1.54) is 31.5 Å². The number of nitriles is 1. The van der Waals surface area contributed by atoms with Crippen LogP contribution in [0.15, 0.2) is 24.3 Å². The molecule has 0 N–H and O–H groups in total. The number of piperidine rings is 1. The number of nitrogens with zero attached hydrogens (tertiary/aromatic N) is 2. The molecule has 0 saturated carbocycles. The lowest BCUT2D eigenvalue weighted by molar-refractivity contribution is 0.282. The minimum atomic E-state index is 0.770. The van der Waals surface area contributed by atoms with Crippen molar-refractivity contribution in [1.29, 1.82) is 5.26 Å². The zero-order valence-electron chi connectivity index (χ0n) is 10.2. The third-order valence-corrected chi connectivity index (χ3v) is 4.65. The first kappa shape index (κ1) is 12.5. The average Bonchev–Trinajstić information content (AvgIpc) is 2.38. The van der Waals surface area contributed by atoms with Crippen molar-refractivity contribution in [2.45, 2.75) is 23.8 Å². The van der Waals surface area contributed by atoms with Gasteiger partial charge in [0.15, 0.2) is 0 Å². The standard InChI is InChI=1S/C14H18N2S/c1-16-7-5-14(6-8-16)17-11-13-4-2-3-12(9-13)10-15/h2-4,9,14H,5-8,11H2,1H3. The van der Waals surface area contributed by atoms with E-state index in [0.717, 1.165) is 16.6 Å². The Balaban J connectivity index is 1.83. The zero-order chi connectivity index (χ0) is 12.1. The highest BCUT2D eigenvalue weighted by atomic mass is 32.2. The third kappa shape index (κ3) is 3.76. The lowest BCUT2D eigenvalue weighted by Gasteiger charge is -2.28. The molecule has 1 fully saturated rings. The van der Waals surface area contributed by atoms with Crippen LogP contribution in [0.25, 0.3) is 0 Å². The molecule has 1 aliphatic heterocycles. The molecule has 90 valence electrons. The number of benzene rings is 1. The Kier molecular flexibility index (Phi) is 4.47. The second-order valence-electron chi connectivity index (χ2n) is 4.63. The van der Waals surface area contributed by atoms with Gasteiger partial charge in [0.2, 0.25) is 0 Å². The molecule has 17 heavy (non-hydrogen) atoms. The van der Waals surface area contributed by atoms with Crippen LogP contribution in [0.2, 0.25) is 0 Å². The summed E-state index contributed by atoms with van der Waals surface area (Å²) in [7, 11) is 2.19. The molecule has 2 nitrogen and oxygen atoms in total. The van der Waals surface area contributed by atoms with Crippen molar-refractivity contribution < 1.29 is 0 Å². The van der Waals surface area contributed by atoms with Crippen molar-refractivity contribution in [3.63, 3.8) is 0 Å². The molecule has 0 atom stereocenters. The van der Waals surface area contributed by atoms with Crippen LogP contribution in [0.4, 0.5) is 0 Å². The minimum absolute atomic E-state index is 0.770. The van der Waals surface area contributed by atoms with Crippen LogP contribution in [-0.2, 0) is 5.75 Å². The molecule has 3 heteroatoms. The molecule has 1 saturated heterocycles. The summed E-state index contributed by atoms with van der Waals surface area (Å²) in [4.78, 5) is 2.40. The summed E-state index contributed by atoms with van der Waals surface area (Å²) in [6.07, 6.45) is 2.58. The maximum Gasteiger partial charge on any atom is 0.0991 e. The van der Waals surface area contributed by atoms with Gasteiger partial charge in [-0.2, -0.15) is 17.0 Å². The molecule has 1 aliphatic rings. The molecule has 1 aromatic rings. The van der Waals surface area contributed by atoms with Gasteiger partial charge in [-0.1, -0.05) is 12.1 Å². The van der Waals surface area contributed by atoms with E-state index < -0.39 is 0 Å². The van der Waals surface area contributed by atoms with Crippen LogP contribution < -0.4 is 0 Å². The summed E-state index contributed by atoms with van der Waals surface area (Å²) < 4.78 is 0. The monoisotopic (exact) mass is 246 g/mol. The molecule has 1 heterocycles. The van der Waals surface area contributed by atoms with Crippen molar-refractivity contribution in [2.75, 3.05) is 20.1 Å². The van der Waals surface area contributed by atoms with Crippen LogP contribution in [-0.4, -0.2) is 30.3 Å². The minimum Gasteiger partial charge on any atom is -0.306 e. The smallest absolute Gasteiger partial charge is 0.0991 e. The van der Waals surface area contributed by atoms with Crippen LogP contribution >= 0.6 is 11.8 Å². The second kappa shape index (κ2) is 6.09. The summed E-state index contributed by atoms with van der Waals surface area (Å²) in [5.41, 5.74) is 2.04. The fourth-order valence-corrected chi connectivity index (χ4v) is 3.25. The van der Waals surface area contributed by atoms with Crippen molar-refractivity contribution in [3.8, 4) is 6.07 Å². The van der Waals surface area contributed by atoms with Gasteiger partial charge in [-0.15, -0.1) is 0 Å². The quantitative estimate of drug-likeness (QED) is 0.820. The molecule has 0 radical (unpaired) electrons. The van der Waals surface area contributed by atoms with E-state index in [-0.39, 0.29) is 0 Å². The van der Waals surface area contributed by atoms with Gasteiger partial charge in [0.25, 0.3) is 0 Å². The van der Waals surface area contributed by atoms with E-state index in [4.69, 9.17) is 5.26 Å². The fraction of sp³-hybridized carbons (Fsp3) is 0.500. The molecular weight excluding hydrogens is 228 g/mol. The van der Waals surface area contributed by atoms with Crippen molar-refractivity contribution in [2.24, 2.45) is 0 Å². The topological polar surface area (TPSA) is 27.0 Å². The van der Waals surface area contributed by atoms with Gasteiger partial charge >= 0.3 is 0 Å². The average molecular weight is 246 g/mol. The van der Waals surface area contributed by atoms with E-state index >= 15 is 0 Å². The number of hydrogen-bond acceptors (Lipinski definition) is 3. The summed E-state index contributed by atoms with van der Waals surface area (Å²) >= 11 is 2.04. The molecule has 0 aromatic heterocycles. The Bertz CT molecular complexity index is 403. The highest BCUT2D eigenvalue weighted by Gasteiger charge is 2.16. The fourth-order valence-electron chi connectivity index (χ4n) is 2.10. The third-order valence-electron chi connectivity index (χ3n) is 3.21. The molecule has 0 amide bonds. The molecule has 0 bridgehead atoms. The molecule has 2 rings (SSSR count). The van der Waals surface area contributed by atoms with Crippen LogP contribution in [0, 0.1) is 11.3 Å². The summed E-state index contributed by atoms with van der Waals surface area (Å²) in [5, 5.41) is 9.63. The van der Waals surface area contributed by atoms with E-state index in [2.05, 4.69) is 24.1 Å². The normalized spacial score (nSPS) is 17.9. The Labute approximate surface area is 108 Å². The Hall–Kier alpha value is -0.980. The number of likely N-dealkylation sites (tertiary alicyclic amines) is 1. The van der Waals surface area contributed by atoms with Gasteiger partial charge in [-0.05, 0) is 50.7 Å². The first-order chi connectivity index (χ1) is 8.28. The molecule has 0 spiro atoms. The van der Waals surface area contributed by atoms with Gasteiger partial charge in [0.05, 0.1) is 11.6 Å². The summed E-state index contributed by atoms with van der Waals surface area (Å²) in [5.74, 6) is 1.03. The predicted molar refractivity (Wildman–Crippen MR) is 73.0 cm³/mol. The summed E-state index contributed by atoms with van der Waals surface area (Å²) in [6, 6.07) is 10.2. The molecule has 1 aromatic carbocycles. The Morgan fingerprint density at radius 1 is 1.41 bits per heavy atom. The second-order valence-corrected chi connectivity index (χ2v) is 5.91.